The molecule has 0 atom stereocenters. The lowest BCUT2D eigenvalue weighted by atomic mass is 9.94. The SMILES string of the molecule is O=C(O)c1ccc2c(c1)nc(-c1ccc3oc(-c4ccccc4)cc(=O)c3c1)n2C1CCCCC1. The molecule has 1 fully saturated rings. The van der Waals surface area contributed by atoms with Gasteiger partial charge in [-0.2, -0.15) is 0 Å². The van der Waals surface area contributed by atoms with Crippen LogP contribution in [0.2, 0.25) is 0 Å². The van der Waals surface area contributed by atoms with Gasteiger partial charge in [-0.05, 0) is 49.2 Å². The maximum Gasteiger partial charge on any atom is 0.335 e. The second-order valence-corrected chi connectivity index (χ2v) is 9.16. The summed E-state index contributed by atoms with van der Waals surface area (Å²) < 4.78 is 8.31. The van der Waals surface area contributed by atoms with Crippen molar-refractivity contribution in [2.75, 3.05) is 0 Å². The number of nitrogens with zero attached hydrogens (tertiary/aromatic N) is 2. The summed E-state index contributed by atoms with van der Waals surface area (Å²) in [5.41, 5.74) is 3.86. The fraction of sp³-hybridized carbons (Fsp3) is 0.207. The quantitative estimate of drug-likeness (QED) is 0.321. The predicted octanol–water partition coefficient (Wildman–Crippen LogP) is 6.68. The minimum Gasteiger partial charge on any atom is -0.478 e. The van der Waals surface area contributed by atoms with Crippen LogP contribution < -0.4 is 5.43 Å². The minimum absolute atomic E-state index is 0.111. The molecule has 174 valence electrons. The first-order valence-corrected chi connectivity index (χ1v) is 12.0. The molecule has 6 nitrogen and oxygen atoms in total. The molecule has 0 aliphatic heterocycles. The first kappa shape index (κ1) is 21.4. The van der Waals surface area contributed by atoms with E-state index in [2.05, 4.69) is 4.57 Å². The Labute approximate surface area is 201 Å². The summed E-state index contributed by atoms with van der Waals surface area (Å²) in [6.07, 6.45) is 5.63. The summed E-state index contributed by atoms with van der Waals surface area (Å²) in [5.74, 6) is 0.313. The maximum atomic E-state index is 13.1. The molecular weight excluding hydrogens is 440 g/mol. The van der Waals surface area contributed by atoms with Crippen molar-refractivity contribution in [1.29, 1.82) is 0 Å². The van der Waals surface area contributed by atoms with Crippen molar-refractivity contribution < 1.29 is 14.3 Å². The van der Waals surface area contributed by atoms with Gasteiger partial charge in [-0.25, -0.2) is 9.78 Å². The van der Waals surface area contributed by atoms with E-state index in [0.29, 0.717) is 22.2 Å². The third-order valence-corrected chi connectivity index (χ3v) is 6.92. The Morgan fingerprint density at radius 1 is 0.914 bits per heavy atom. The van der Waals surface area contributed by atoms with Crippen molar-refractivity contribution in [2.24, 2.45) is 0 Å². The maximum absolute atomic E-state index is 13.1. The molecule has 1 saturated carbocycles. The Bertz CT molecular complexity index is 1630. The van der Waals surface area contributed by atoms with Crippen LogP contribution in [0.5, 0.6) is 0 Å². The first-order chi connectivity index (χ1) is 17.1. The molecule has 5 aromatic rings. The lowest BCUT2D eigenvalue weighted by molar-refractivity contribution is 0.0697. The van der Waals surface area contributed by atoms with Crippen molar-refractivity contribution in [1.82, 2.24) is 9.55 Å². The Morgan fingerprint density at radius 2 is 1.71 bits per heavy atom. The van der Waals surface area contributed by atoms with Crippen LogP contribution in [0.15, 0.2) is 82.0 Å². The molecule has 0 radical (unpaired) electrons. The standard InChI is InChI=1S/C29H24N2O4/c32-25-17-27(18-7-3-1-4-8-18)35-26-14-12-19(15-22(25)26)28-30-23-16-20(29(33)34)11-13-24(23)31(28)21-9-5-2-6-10-21/h1,3-4,7-8,11-17,21H,2,5-6,9-10H2,(H,33,34). The number of carboxylic acid groups (broad SMARTS) is 1. The lowest BCUT2D eigenvalue weighted by Crippen LogP contribution is -2.14. The van der Waals surface area contributed by atoms with Crippen LogP contribution in [0.4, 0.5) is 0 Å². The number of carboxylic acids is 1. The van der Waals surface area contributed by atoms with Crippen molar-refractivity contribution in [2.45, 2.75) is 38.1 Å². The number of benzene rings is 3. The van der Waals surface area contributed by atoms with Gasteiger partial charge in [0.25, 0.3) is 0 Å². The summed E-state index contributed by atoms with van der Waals surface area (Å²) in [6, 6.07) is 22.1. The van der Waals surface area contributed by atoms with Crippen LogP contribution in [-0.2, 0) is 0 Å². The Kier molecular flexibility index (Phi) is 5.21. The summed E-state index contributed by atoms with van der Waals surface area (Å²) >= 11 is 0. The zero-order valence-corrected chi connectivity index (χ0v) is 19.1. The zero-order chi connectivity index (χ0) is 23.9. The second-order valence-electron chi connectivity index (χ2n) is 9.16. The predicted molar refractivity (Wildman–Crippen MR) is 136 cm³/mol. The van der Waals surface area contributed by atoms with Gasteiger partial charge in [0.2, 0.25) is 0 Å². The van der Waals surface area contributed by atoms with Gasteiger partial charge in [0.1, 0.15) is 17.2 Å². The summed E-state index contributed by atoms with van der Waals surface area (Å²) in [5, 5.41) is 9.96. The largest absolute Gasteiger partial charge is 0.478 e. The van der Waals surface area contributed by atoms with Crippen LogP contribution in [-0.4, -0.2) is 20.6 Å². The van der Waals surface area contributed by atoms with E-state index in [9.17, 15) is 14.7 Å². The highest BCUT2D eigenvalue weighted by Gasteiger charge is 2.23. The van der Waals surface area contributed by atoms with E-state index in [4.69, 9.17) is 9.40 Å². The molecule has 0 bridgehead atoms. The highest BCUT2D eigenvalue weighted by Crippen LogP contribution is 2.37. The van der Waals surface area contributed by atoms with Crippen molar-refractivity contribution >= 4 is 28.0 Å². The number of imidazole rings is 1. The normalized spacial score (nSPS) is 14.5. The van der Waals surface area contributed by atoms with E-state index in [1.807, 2.05) is 54.6 Å². The highest BCUT2D eigenvalue weighted by atomic mass is 16.4. The van der Waals surface area contributed by atoms with Gasteiger partial charge in [-0.1, -0.05) is 49.6 Å². The molecule has 0 spiro atoms. The lowest BCUT2D eigenvalue weighted by Gasteiger charge is -2.25. The Balaban J connectivity index is 1.52. The third kappa shape index (κ3) is 3.81. The summed E-state index contributed by atoms with van der Waals surface area (Å²) in [7, 11) is 0. The first-order valence-electron chi connectivity index (χ1n) is 12.0. The van der Waals surface area contributed by atoms with E-state index in [1.165, 1.54) is 12.5 Å². The van der Waals surface area contributed by atoms with Gasteiger partial charge in [0.15, 0.2) is 5.43 Å². The fourth-order valence-corrected chi connectivity index (χ4v) is 5.18. The average molecular weight is 465 g/mol. The molecule has 6 heteroatoms. The molecule has 2 heterocycles. The Morgan fingerprint density at radius 3 is 2.49 bits per heavy atom. The van der Waals surface area contributed by atoms with E-state index in [1.54, 1.807) is 12.1 Å². The molecular formula is C29H24N2O4. The number of aromatic carboxylic acids is 1. The van der Waals surface area contributed by atoms with E-state index >= 15 is 0 Å². The van der Waals surface area contributed by atoms with E-state index in [0.717, 1.165) is 48.2 Å². The number of hydrogen-bond donors (Lipinski definition) is 1. The molecule has 35 heavy (non-hydrogen) atoms. The Hall–Kier alpha value is -4.19. The molecule has 1 aliphatic carbocycles. The molecule has 0 saturated heterocycles. The zero-order valence-electron chi connectivity index (χ0n) is 19.1. The van der Waals surface area contributed by atoms with Gasteiger partial charge in [-0.15, -0.1) is 0 Å². The number of fused-ring (bicyclic) bond motifs is 2. The number of carbonyl (C=O) groups is 1. The van der Waals surface area contributed by atoms with Crippen LogP contribution in [0.1, 0.15) is 48.5 Å². The molecule has 0 amide bonds. The van der Waals surface area contributed by atoms with E-state index in [-0.39, 0.29) is 17.0 Å². The minimum atomic E-state index is -0.974. The van der Waals surface area contributed by atoms with E-state index < -0.39 is 5.97 Å². The van der Waals surface area contributed by atoms with Crippen molar-refractivity contribution in [3.8, 4) is 22.7 Å². The van der Waals surface area contributed by atoms with Gasteiger partial charge in [-0.3, -0.25) is 4.79 Å². The van der Waals surface area contributed by atoms with Gasteiger partial charge < -0.3 is 14.1 Å². The molecule has 3 aromatic carbocycles. The molecule has 2 aromatic heterocycles. The smallest absolute Gasteiger partial charge is 0.335 e. The number of hydrogen-bond acceptors (Lipinski definition) is 4. The van der Waals surface area contributed by atoms with Crippen LogP contribution in [0.3, 0.4) is 0 Å². The van der Waals surface area contributed by atoms with Crippen LogP contribution >= 0.6 is 0 Å². The average Bonchev–Trinajstić information content (AvgIpc) is 3.28. The van der Waals surface area contributed by atoms with Crippen LogP contribution in [0.25, 0.3) is 44.7 Å². The third-order valence-electron chi connectivity index (χ3n) is 6.92. The van der Waals surface area contributed by atoms with Gasteiger partial charge >= 0.3 is 5.97 Å². The monoisotopic (exact) mass is 464 g/mol. The van der Waals surface area contributed by atoms with Gasteiger partial charge in [0.05, 0.1) is 22.0 Å². The number of rotatable bonds is 4. The highest BCUT2D eigenvalue weighted by molar-refractivity contribution is 5.94. The summed E-state index contributed by atoms with van der Waals surface area (Å²) in [4.78, 5) is 29.5. The molecule has 1 N–H and O–H groups in total. The topological polar surface area (TPSA) is 85.3 Å². The fourth-order valence-electron chi connectivity index (χ4n) is 5.18. The van der Waals surface area contributed by atoms with Crippen LogP contribution in [0, 0.1) is 0 Å². The van der Waals surface area contributed by atoms with Crippen molar-refractivity contribution in [3.05, 3.63) is 88.6 Å². The molecule has 6 rings (SSSR count). The number of aromatic nitrogens is 2. The van der Waals surface area contributed by atoms with Gasteiger partial charge in [0, 0.05) is 23.2 Å². The summed E-state index contributed by atoms with van der Waals surface area (Å²) in [6.45, 7) is 0. The molecule has 0 unspecified atom stereocenters. The second kappa shape index (κ2) is 8.55. The molecule has 1 aliphatic rings. The van der Waals surface area contributed by atoms with Crippen molar-refractivity contribution in [3.63, 3.8) is 0 Å².